The first-order chi connectivity index (χ1) is 10.3. The molecular formula is C17H33N3S. The molecule has 0 radical (unpaired) electrons. The fourth-order valence-corrected chi connectivity index (χ4v) is 3.81. The van der Waals surface area contributed by atoms with Gasteiger partial charge in [-0.3, -0.25) is 4.90 Å². The van der Waals surface area contributed by atoms with Crippen molar-refractivity contribution >= 4 is 17.3 Å². The Kier molecular flexibility index (Phi) is 7.24. The van der Waals surface area contributed by atoms with Gasteiger partial charge in [-0.05, 0) is 37.9 Å². The van der Waals surface area contributed by atoms with Gasteiger partial charge in [-0.1, -0.05) is 46.0 Å². The van der Waals surface area contributed by atoms with Crippen LogP contribution in [0, 0.1) is 0 Å². The third-order valence-corrected chi connectivity index (χ3v) is 5.42. The van der Waals surface area contributed by atoms with E-state index in [4.69, 9.17) is 12.2 Å². The maximum absolute atomic E-state index is 5.75. The Morgan fingerprint density at radius 2 is 1.43 bits per heavy atom. The predicted octanol–water partition coefficient (Wildman–Crippen LogP) is 4.04. The van der Waals surface area contributed by atoms with Crippen molar-refractivity contribution in [1.29, 1.82) is 0 Å². The first-order valence-corrected chi connectivity index (χ1v) is 9.45. The summed E-state index contributed by atoms with van der Waals surface area (Å²) in [7, 11) is 0. The number of rotatable bonds is 7. The molecule has 0 bridgehead atoms. The van der Waals surface area contributed by atoms with E-state index in [-0.39, 0.29) is 0 Å². The third-order valence-electron chi connectivity index (χ3n) is 4.90. The van der Waals surface area contributed by atoms with Crippen LogP contribution in [0.5, 0.6) is 0 Å². The number of hydrogen-bond donors (Lipinski definition) is 0. The third kappa shape index (κ3) is 4.82. The lowest BCUT2D eigenvalue weighted by Crippen LogP contribution is -2.60. The van der Waals surface area contributed by atoms with Crippen LogP contribution in [0.3, 0.4) is 0 Å². The van der Waals surface area contributed by atoms with Gasteiger partial charge in [0.2, 0.25) is 0 Å². The fourth-order valence-electron chi connectivity index (χ4n) is 3.51. The number of nitrogens with zero attached hydrogens (tertiary/aromatic N) is 3. The molecule has 4 heteroatoms. The number of hydrogen-bond acceptors (Lipinski definition) is 2. The molecule has 0 unspecified atom stereocenters. The van der Waals surface area contributed by atoms with Gasteiger partial charge in [0, 0.05) is 19.1 Å². The Hall–Kier alpha value is -0.350. The zero-order valence-electron chi connectivity index (χ0n) is 14.0. The van der Waals surface area contributed by atoms with E-state index >= 15 is 0 Å². The lowest BCUT2D eigenvalue weighted by atomic mass is 9.94. The van der Waals surface area contributed by atoms with Crippen molar-refractivity contribution in [1.82, 2.24) is 14.7 Å². The SMILES string of the molecule is CCCCN1CN(C2CCCCC2)CN(CCCC)C1=S. The van der Waals surface area contributed by atoms with Crippen molar-refractivity contribution in [3.63, 3.8) is 0 Å². The Labute approximate surface area is 136 Å². The average molecular weight is 312 g/mol. The summed E-state index contributed by atoms with van der Waals surface area (Å²) in [6, 6.07) is 0.787. The average Bonchev–Trinajstić information content (AvgIpc) is 2.53. The van der Waals surface area contributed by atoms with E-state index < -0.39 is 0 Å². The van der Waals surface area contributed by atoms with Gasteiger partial charge in [0.15, 0.2) is 5.11 Å². The molecule has 3 nitrogen and oxygen atoms in total. The molecule has 0 amide bonds. The van der Waals surface area contributed by atoms with E-state index in [9.17, 15) is 0 Å². The second-order valence-electron chi connectivity index (χ2n) is 6.68. The molecule has 0 atom stereocenters. The second-order valence-corrected chi connectivity index (χ2v) is 7.05. The zero-order valence-corrected chi connectivity index (χ0v) is 14.8. The van der Waals surface area contributed by atoms with Gasteiger partial charge in [-0.15, -0.1) is 0 Å². The highest BCUT2D eigenvalue weighted by atomic mass is 32.1. The molecule has 1 saturated carbocycles. The van der Waals surface area contributed by atoms with Crippen LogP contribution in [-0.2, 0) is 0 Å². The summed E-state index contributed by atoms with van der Waals surface area (Å²) in [5.41, 5.74) is 0. The highest BCUT2D eigenvalue weighted by Crippen LogP contribution is 2.25. The van der Waals surface area contributed by atoms with Crippen molar-refractivity contribution < 1.29 is 0 Å². The van der Waals surface area contributed by atoms with E-state index in [1.165, 1.54) is 57.8 Å². The van der Waals surface area contributed by atoms with E-state index in [0.29, 0.717) is 0 Å². The van der Waals surface area contributed by atoms with Crippen LogP contribution >= 0.6 is 12.2 Å². The van der Waals surface area contributed by atoms with Gasteiger partial charge in [0.05, 0.1) is 13.3 Å². The molecule has 0 aromatic carbocycles. The summed E-state index contributed by atoms with van der Waals surface area (Å²) in [6.45, 7) is 8.90. The maximum Gasteiger partial charge on any atom is 0.173 e. The van der Waals surface area contributed by atoms with Crippen LogP contribution in [-0.4, -0.2) is 52.3 Å². The van der Waals surface area contributed by atoms with Crippen molar-refractivity contribution in [2.75, 3.05) is 26.4 Å². The van der Waals surface area contributed by atoms with E-state index in [1.54, 1.807) is 0 Å². The zero-order chi connectivity index (χ0) is 15.1. The summed E-state index contributed by atoms with van der Waals surface area (Å²) >= 11 is 5.75. The van der Waals surface area contributed by atoms with Gasteiger partial charge in [0.25, 0.3) is 0 Å². The standard InChI is InChI=1S/C17H33N3S/c1-3-5-12-18-14-20(16-10-8-7-9-11-16)15-19(17(18)21)13-6-4-2/h16H,3-15H2,1-2H3. The molecule has 0 spiro atoms. The molecule has 2 rings (SSSR count). The van der Waals surface area contributed by atoms with E-state index in [0.717, 1.165) is 37.6 Å². The largest absolute Gasteiger partial charge is 0.336 e. The highest BCUT2D eigenvalue weighted by molar-refractivity contribution is 7.80. The number of thiocarbonyl (C=S) groups is 1. The molecule has 122 valence electrons. The second kappa shape index (κ2) is 8.94. The van der Waals surface area contributed by atoms with Crippen LogP contribution in [0.1, 0.15) is 71.6 Å². The Balaban J connectivity index is 1.98. The molecule has 0 N–H and O–H groups in total. The van der Waals surface area contributed by atoms with Crippen molar-refractivity contribution in [2.24, 2.45) is 0 Å². The highest BCUT2D eigenvalue weighted by Gasteiger charge is 2.31. The molecule has 1 saturated heterocycles. The van der Waals surface area contributed by atoms with Crippen LogP contribution in [0.4, 0.5) is 0 Å². The Bertz CT molecular complexity index is 295. The van der Waals surface area contributed by atoms with Crippen LogP contribution < -0.4 is 0 Å². The summed E-state index contributed by atoms with van der Waals surface area (Å²) < 4.78 is 0. The molecule has 1 aliphatic carbocycles. The minimum Gasteiger partial charge on any atom is -0.336 e. The quantitative estimate of drug-likeness (QED) is 0.656. The van der Waals surface area contributed by atoms with Gasteiger partial charge < -0.3 is 9.80 Å². The van der Waals surface area contributed by atoms with Crippen molar-refractivity contribution in [3.05, 3.63) is 0 Å². The van der Waals surface area contributed by atoms with E-state index in [2.05, 4.69) is 28.5 Å². The van der Waals surface area contributed by atoms with Crippen LogP contribution in [0.2, 0.25) is 0 Å². The minimum absolute atomic E-state index is 0.787. The molecule has 1 aliphatic heterocycles. The monoisotopic (exact) mass is 311 g/mol. The first kappa shape index (κ1) is 17.0. The van der Waals surface area contributed by atoms with Crippen molar-refractivity contribution in [3.8, 4) is 0 Å². The molecule has 1 heterocycles. The van der Waals surface area contributed by atoms with Gasteiger partial charge in [-0.25, -0.2) is 0 Å². The van der Waals surface area contributed by atoms with E-state index in [1.807, 2.05) is 0 Å². The van der Waals surface area contributed by atoms with Gasteiger partial charge in [0.1, 0.15) is 0 Å². The summed E-state index contributed by atoms with van der Waals surface area (Å²) in [4.78, 5) is 7.60. The lowest BCUT2D eigenvalue weighted by Gasteiger charge is -2.48. The Morgan fingerprint density at radius 3 is 1.90 bits per heavy atom. The summed E-state index contributed by atoms with van der Waals surface area (Å²) in [6.07, 6.45) is 12.0. The first-order valence-electron chi connectivity index (χ1n) is 9.04. The fraction of sp³-hybridized carbons (Fsp3) is 0.941. The molecule has 2 aliphatic rings. The smallest absolute Gasteiger partial charge is 0.173 e. The molecular weight excluding hydrogens is 278 g/mol. The van der Waals surface area contributed by atoms with Gasteiger partial charge >= 0.3 is 0 Å². The molecule has 0 aromatic rings. The Morgan fingerprint density at radius 1 is 0.905 bits per heavy atom. The predicted molar refractivity (Wildman–Crippen MR) is 94.3 cm³/mol. The molecule has 2 fully saturated rings. The summed E-state index contributed by atoms with van der Waals surface area (Å²) in [5, 5.41) is 1.10. The maximum atomic E-state index is 5.75. The van der Waals surface area contributed by atoms with Crippen LogP contribution in [0.25, 0.3) is 0 Å². The van der Waals surface area contributed by atoms with Crippen molar-refractivity contribution in [2.45, 2.75) is 77.7 Å². The molecule has 21 heavy (non-hydrogen) atoms. The molecule has 0 aromatic heterocycles. The number of unbranched alkanes of at least 4 members (excludes halogenated alkanes) is 2. The minimum atomic E-state index is 0.787. The summed E-state index contributed by atoms with van der Waals surface area (Å²) in [5.74, 6) is 0. The van der Waals surface area contributed by atoms with Gasteiger partial charge in [-0.2, -0.15) is 0 Å². The lowest BCUT2D eigenvalue weighted by molar-refractivity contribution is 0.0314. The van der Waals surface area contributed by atoms with Crippen LogP contribution in [0.15, 0.2) is 0 Å². The topological polar surface area (TPSA) is 9.72 Å². The normalized spacial score (nSPS) is 22.1.